The van der Waals surface area contributed by atoms with E-state index in [9.17, 15) is 14.4 Å². The zero-order valence-electron chi connectivity index (χ0n) is 10.4. The van der Waals surface area contributed by atoms with Crippen LogP contribution in [0, 0.1) is 6.92 Å². The van der Waals surface area contributed by atoms with Gasteiger partial charge in [0.25, 0.3) is 0 Å². The Hall–Kier alpha value is -2.21. The maximum Gasteiger partial charge on any atom is 0.321 e. The van der Waals surface area contributed by atoms with E-state index in [1.54, 1.807) is 24.3 Å². The fraction of sp³-hybridized carbons (Fsp3) is 0.308. The summed E-state index contributed by atoms with van der Waals surface area (Å²) >= 11 is 0. The molecule has 0 aromatic heterocycles. The molecule has 0 amide bonds. The van der Waals surface area contributed by atoms with E-state index >= 15 is 0 Å². The minimum atomic E-state index is -1.25. The maximum atomic E-state index is 11.9. The van der Waals surface area contributed by atoms with Gasteiger partial charge in [-0.2, -0.15) is 0 Å². The van der Waals surface area contributed by atoms with Crippen LogP contribution in [0.5, 0.6) is 0 Å². The van der Waals surface area contributed by atoms with Crippen LogP contribution in [0.4, 0.5) is 0 Å². The smallest absolute Gasteiger partial charge is 0.321 e. The third-order valence-corrected chi connectivity index (χ3v) is 2.56. The van der Waals surface area contributed by atoms with Crippen molar-refractivity contribution in [1.29, 1.82) is 0 Å². The Morgan fingerprint density at radius 2 is 1.74 bits per heavy atom. The Kier molecular flexibility index (Phi) is 5.20. The van der Waals surface area contributed by atoms with Gasteiger partial charge in [0.05, 0.1) is 6.54 Å². The number of nitrogens with one attached hydrogen (secondary N) is 1. The number of Topliss-reactive ketones (excluding diaryl/α,β-unsaturated/α-hetero) is 1. The van der Waals surface area contributed by atoms with E-state index in [2.05, 4.69) is 5.32 Å². The van der Waals surface area contributed by atoms with E-state index in [0.29, 0.717) is 5.56 Å². The number of carbonyl (C=O) groups excluding carboxylic acids is 1. The summed E-state index contributed by atoms with van der Waals surface area (Å²) in [5.41, 5.74) is 1.41. The minimum Gasteiger partial charge on any atom is -0.480 e. The van der Waals surface area contributed by atoms with Crippen molar-refractivity contribution < 1.29 is 24.6 Å². The number of carboxylic acids is 2. The van der Waals surface area contributed by atoms with Gasteiger partial charge in [0, 0.05) is 12.0 Å². The molecule has 102 valence electrons. The van der Waals surface area contributed by atoms with Crippen LogP contribution in [0.25, 0.3) is 0 Å². The summed E-state index contributed by atoms with van der Waals surface area (Å²) in [6.07, 6.45) is -0.286. The lowest BCUT2D eigenvalue weighted by Crippen LogP contribution is -2.41. The first-order valence-corrected chi connectivity index (χ1v) is 5.68. The van der Waals surface area contributed by atoms with Crippen molar-refractivity contribution >= 4 is 17.7 Å². The number of rotatable bonds is 7. The van der Waals surface area contributed by atoms with E-state index in [-0.39, 0.29) is 12.2 Å². The molecule has 0 aliphatic heterocycles. The maximum absolute atomic E-state index is 11.9. The number of hydrogen-bond acceptors (Lipinski definition) is 4. The molecule has 0 heterocycles. The van der Waals surface area contributed by atoms with Crippen molar-refractivity contribution in [2.45, 2.75) is 19.4 Å². The second kappa shape index (κ2) is 6.65. The normalized spacial score (nSPS) is 11.8. The van der Waals surface area contributed by atoms with Gasteiger partial charge >= 0.3 is 11.9 Å². The number of hydrogen-bond donors (Lipinski definition) is 3. The molecule has 0 saturated carbocycles. The number of carbonyl (C=O) groups is 3. The minimum absolute atomic E-state index is 0.286. The first-order valence-electron chi connectivity index (χ1n) is 5.68. The number of aliphatic carboxylic acids is 2. The van der Waals surface area contributed by atoms with E-state index in [1.165, 1.54) is 0 Å². The Balaban J connectivity index is 2.68. The summed E-state index contributed by atoms with van der Waals surface area (Å²) in [5.74, 6) is -2.76. The zero-order chi connectivity index (χ0) is 14.4. The van der Waals surface area contributed by atoms with Gasteiger partial charge in [-0.15, -0.1) is 0 Å². The van der Waals surface area contributed by atoms with E-state index in [0.717, 1.165) is 5.56 Å². The summed E-state index contributed by atoms with van der Waals surface area (Å²) in [6, 6.07) is 5.55. The van der Waals surface area contributed by atoms with Crippen molar-refractivity contribution in [3.63, 3.8) is 0 Å². The first kappa shape index (κ1) is 14.8. The Morgan fingerprint density at radius 3 is 2.21 bits per heavy atom. The Bertz CT molecular complexity index is 480. The lowest BCUT2D eigenvalue weighted by molar-refractivity contribution is -0.140. The fourth-order valence-electron chi connectivity index (χ4n) is 1.50. The molecule has 0 spiro atoms. The molecular formula is C13H15NO5. The van der Waals surface area contributed by atoms with Crippen LogP contribution in [0.1, 0.15) is 22.3 Å². The average molecular weight is 265 g/mol. The topological polar surface area (TPSA) is 104 Å². The van der Waals surface area contributed by atoms with Gasteiger partial charge in [-0.05, 0) is 6.92 Å². The summed E-state index contributed by atoms with van der Waals surface area (Å²) < 4.78 is 0. The van der Waals surface area contributed by atoms with Crippen molar-refractivity contribution in [3.8, 4) is 0 Å². The van der Waals surface area contributed by atoms with E-state index in [1.807, 2.05) is 6.92 Å². The van der Waals surface area contributed by atoms with Crippen LogP contribution in [0.2, 0.25) is 0 Å². The summed E-state index contributed by atoms with van der Waals surface area (Å²) in [7, 11) is 0. The highest BCUT2D eigenvalue weighted by Gasteiger charge is 2.22. The number of benzene rings is 1. The Labute approximate surface area is 110 Å². The van der Waals surface area contributed by atoms with Gasteiger partial charge in [-0.3, -0.25) is 19.7 Å². The molecule has 1 aromatic rings. The van der Waals surface area contributed by atoms with Crippen LogP contribution in [0.3, 0.4) is 0 Å². The second-order valence-corrected chi connectivity index (χ2v) is 4.16. The summed E-state index contributed by atoms with van der Waals surface area (Å²) in [6.45, 7) is 1.38. The largest absolute Gasteiger partial charge is 0.480 e. The molecule has 0 aliphatic rings. The predicted molar refractivity (Wildman–Crippen MR) is 67.2 cm³/mol. The average Bonchev–Trinajstić information content (AvgIpc) is 2.34. The number of carboxylic acid groups (broad SMARTS) is 2. The van der Waals surface area contributed by atoms with Gasteiger partial charge in [-0.1, -0.05) is 29.8 Å². The molecule has 1 atom stereocenters. The third kappa shape index (κ3) is 4.89. The van der Waals surface area contributed by atoms with Crippen molar-refractivity contribution in [1.82, 2.24) is 5.32 Å². The highest BCUT2D eigenvalue weighted by atomic mass is 16.4. The predicted octanol–water partition coefficient (Wildman–Crippen LogP) is 0.695. The van der Waals surface area contributed by atoms with Crippen LogP contribution in [-0.2, 0) is 9.59 Å². The molecule has 6 heteroatoms. The molecule has 0 radical (unpaired) electrons. The zero-order valence-corrected chi connectivity index (χ0v) is 10.4. The first-order chi connectivity index (χ1) is 8.90. The van der Waals surface area contributed by atoms with Crippen LogP contribution < -0.4 is 5.32 Å². The van der Waals surface area contributed by atoms with Crippen LogP contribution in [0.15, 0.2) is 24.3 Å². The molecule has 1 aromatic carbocycles. The number of aryl methyl sites for hydroxylation is 1. The van der Waals surface area contributed by atoms with Crippen molar-refractivity contribution in [2.24, 2.45) is 0 Å². The fourth-order valence-corrected chi connectivity index (χ4v) is 1.50. The van der Waals surface area contributed by atoms with Crippen LogP contribution in [-0.4, -0.2) is 40.5 Å². The highest BCUT2D eigenvalue weighted by Crippen LogP contribution is 2.08. The second-order valence-electron chi connectivity index (χ2n) is 4.16. The summed E-state index contributed by atoms with van der Waals surface area (Å²) in [5, 5.41) is 19.7. The van der Waals surface area contributed by atoms with E-state index in [4.69, 9.17) is 10.2 Å². The van der Waals surface area contributed by atoms with Crippen molar-refractivity contribution in [3.05, 3.63) is 35.4 Å². The monoisotopic (exact) mass is 265 g/mol. The van der Waals surface area contributed by atoms with E-state index < -0.39 is 24.5 Å². The molecule has 6 nitrogen and oxygen atoms in total. The molecule has 0 fully saturated rings. The lowest BCUT2D eigenvalue weighted by atomic mass is 10.0. The molecule has 0 aliphatic carbocycles. The van der Waals surface area contributed by atoms with Gasteiger partial charge in [0.1, 0.15) is 6.04 Å². The molecule has 0 bridgehead atoms. The summed E-state index contributed by atoms with van der Waals surface area (Å²) in [4.78, 5) is 33.2. The molecular weight excluding hydrogens is 250 g/mol. The number of ketones is 1. The SMILES string of the molecule is Cc1ccc(C(=O)CC(NCC(=O)O)C(=O)O)cc1. The molecule has 0 saturated heterocycles. The van der Waals surface area contributed by atoms with Gasteiger partial charge in [-0.25, -0.2) is 0 Å². The molecule has 1 unspecified atom stereocenters. The quantitative estimate of drug-likeness (QED) is 0.627. The van der Waals surface area contributed by atoms with Crippen LogP contribution >= 0.6 is 0 Å². The highest BCUT2D eigenvalue weighted by molar-refractivity contribution is 5.98. The molecule has 19 heavy (non-hydrogen) atoms. The van der Waals surface area contributed by atoms with Gasteiger partial charge in [0.2, 0.25) is 0 Å². The molecule has 1 rings (SSSR count). The van der Waals surface area contributed by atoms with Crippen molar-refractivity contribution in [2.75, 3.05) is 6.54 Å². The Morgan fingerprint density at radius 1 is 1.16 bits per heavy atom. The lowest BCUT2D eigenvalue weighted by Gasteiger charge is -2.12. The third-order valence-electron chi connectivity index (χ3n) is 2.56. The van der Waals surface area contributed by atoms with Gasteiger partial charge < -0.3 is 10.2 Å². The molecule has 3 N–H and O–H groups in total. The van der Waals surface area contributed by atoms with Gasteiger partial charge in [0.15, 0.2) is 5.78 Å². The standard InChI is InChI=1S/C13H15NO5/c1-8-2-4-9(5-3-8)11(15)6-10(13(18)19)14-7-12(16)17/h2-5,10,14H,6-7H2,1H3,(H,16,17)(H,18,19).